The molecule has 0 aromatic carbocycles. The molecule has 1 saturated carbocycles. The summed E-state index contributed by atoms with van der Waals surface area (Å²) in [7, 11) is 1.58. The molecule has 1 aliphatic carbocycles. The van der Waals surface area contributed by atoms with Crippen molar-refractivity contribution in [1.29, 1.82) is 0 Å². The van der Waals surface area contributed by atoms with E-state index in [9.17, 15) is 10.2 Å². The Labute approximate surface area is 87.1 Å². The Morgan fingerprint density at radius 1 is 1.29 bits per heavy atom. The Kier molecular flexibility index (Phi) is 5.64. The van der Waals surface area contributed by atoms with Gasteiger partial charge in [0.1, 0.15) is 0 Å². The van der Waals surface area contributed by atoms with Gasteiger partial charge in [-0.2, -0.15) is 0 Å². The van der Waals surface area contributed by atoms with Crippen LogP contribution in [-0.2, 0) is 4.74 Å². The van der Waals surface area contributed by atoms with Crippen molar-refractivity contribution in [3.8, 4) is 0 Å². The van der Waals surface area contributed by atoms with E-state index in [1.54, 1.807) is 7.11 Å². The van der Waals surface area contributed by atoms with Crippen LogP contribution in [0.15, 0.2) is 0 Å². The highest BCUT2D eigenvalue weighted by atomic mass is 16.5. The zero-order valence-electron chi connectivity index (χ0n) is 9.95. The summed E-state index contributed by atoms with van der Waals surface area (Å²) in [5.41, 5.74) is -0.572. The van der Waals surface area contributed by atoms with Crippen LogP contribution < -0.4 is 0 Å². The van der Waals surface area contributed by atoms with Gasteiger partial charge in [-0.25, -0.2) is 0 Å². The minimum Gasteiger partial charge on any atom is -0.393 e. The van der Waals surface area contributed by atoms with Crippen LogP contribution in [0.25, 0.3) is 0 Å². The van der Waals surface area contributed by atoms with Gasteiger partial charge >= 0.3 is 0 Å². The second kappa shape index (κ2) is 5.69. The minimum atomic E-state index is -0.572. The van der Waals surface area contributed by atoms with Crippen LogP contribution in [-0.4, -0.2) is 35.1 Å². The van der Waals surface area contributed by atoms with Crippen molar-refractivity contribution >= 4 is 0 Å². The third-order valence-corrected chi connectivity index (χ3v) is 2.92. The van der Waals surface area contributed by atoms with Crippen LogP contribution in [0.3, 0.4) is 0 Å². The second-order valence-electron chi connectivity index (χ2n) is 4.03. The first-order chi connectivity index (χ1) is 6.49. The first-order valence-electron chi connectivity index (χ1n) is 5.41. The highest BCUT2D eigenvalue weighted by molar-refractivity contribution is 4.94. The van der Waals surface area contributed by atoms with Crippen molar-refractivity contribution in [1.82, 2.24) is 0 Å². The highest BCUT2D eigenvalue weighted by Gasteiger charge is 2.43. The summed E-state index contributed by atoms with van der Waals surface area (Å²) in [6.07, 6.45) is 0.383. The Balaban J connectivity index is 0.000000791. The molecule has 0 aromatic rings. The summed E-state index contributed by atoms with van der Waals surface area (Å²) < 4.78 is 5.22. The van der Waals surface area contributed by atoms with Crippen LogP contribution in [0.5, 0.6) is 0 Å². The van der Waals surface area contributed by atoms with E-state index in [1.807, 2.05) is 27.7 Å². The van der Waals surface area contributed by atoms with Gasteiger partial charge in [-0.1, -0.05) is 20.8 Å². The van der Waals surface area contributed by atoms with Crippen molar-refractivity contribution < 1.29 is 14.9 Å². The topological polar surface area (TPSA) is 49.7 Å². The monoisotopic (exact) mass is 204 g/mol. The largest absolute Gasteiger partial charge is 0.393 e. The van der Waals surface area contributed by atoms with Gasteiger partial charge in [0.2, 0.25) is 0 Å². The number of hydrogen-bond acceptors (Lipinski definition) is 3. The van der Waals surface area contributed by atoms with Gasteiger partial charge in [0, 0.05) is 13.5 Å². The van der Waals surface area contributed by atoms with Gasteiger partial charge in [-0.15, -0.1) is 0 Å². The Morgan fingerprint density at radius 3 is 2.21 bits per heavy atom. The summed E-state index contributed by atoms with van der Waals surface area (Å²) in [5, 5.41) is 19.3. The fraction of sp³-hybridized carbons (Fsp3) is 1.00. The maximum atomic E-state index is 9.78. The molecule has 1 fully saturated rings. The first kappa shape index (κ1) is 13.9. The average Bonchev–Trinajstić information content (AvgIpc) is 2.17. The first-order valence-corrected chi connectivity index (χ1v) is 5.41. The molecule has 14 heavy (non-hydrogen) atoms. The zero-order chi connectivity index (χ0) is 11.4. The molecule has 0 heterocycles. The van der Waals surface area contributed by atoms with Crippen LogP contribution in [0.1, 0.15) is 40.5 Å². The quantitative estimate of drug-likeness (QED) is 0.681. The molecule has 0 spiro atoms. The normalized spacial score (nSPS) is 42.6. The van der Waals surface area contributed by atoms with Crippen molar-refractivity contribution in [2.75, 3.05) is 7.11 Å². The SMILES string of the molecule is CC.CO[C@]1(C)C[C@H](O)CC(C)[C@@H]1O. The lowest BCUT2D eigenvalue weighted by atomic mass is 9.76. The lowest BCUT2D eigenvalue weighted by molar-refractivity contribution is -0.158. The Bertz CT molecular complexity index is 161. The smallest absolute Gasteiger partial charge is 0.0935 e. The summed E-state index contributed by atoms with van der Waals surface area (Å²) in [6, 6.07) is 0. The molecule has 86 valence electrons. The predicted octanol–water partition coefficient (Wildman–Crippen LogP) is 1.57. The van der Waals surface area contributed by atoms with E-state index >= 15 is 0 Å². The average molecular weight is 204 g/mol. The van der Waals surface area contributed by atoms with Gasteiger partial charge < -0.3 is 14.9 Å². The summed E-state index contributed by atoms with van der Waals surface area (Å²) in [4.78, 5) is 0. The lowest BCUT2D eigenvalue weighted by Crippen LogP contribution is -2.52. The molecule has 0 amide bonds. The zero-order valence-corrected chi connectivity index (χ0v) is 9.95. The number of aliphatic hydroxyl groups excluding tert-OH is 2. The van der Waals surface area contributed by atoms with Gasteiger partial charge in [0.25, 0.3) is 0 Å². The van der Waals surface area contributed by atoms with E-state index in [-0.39, 0.29) is 12.0 Å². The summed E-state index contributed by atoms with van der Waals surface area (Å²) in [5.74, 6) is 0.110. The molecule has 0 aromatic heterocycles. The second-order valence-corrected chi connectivity index (χ2v) is 4.03. The lowest BCUT2D eigenvalue weighted by Gasteiger charge is -2.42. The van der Waals surface area contributed by atoms with E-state index in [0.717, 1.165) is 0 Å². The third-order valence-electron chi connectivity index (χ3n) is 2.92. The fourth-order valence-corrected chi connectivity index (χ4v) is 2.04. The Hall–Kier alpha value is -0.120. The fourth-order valence-electron chi connectivity index (χ4n) is 2.04. The number of hydrogen-bond donors (Lipinski definition) is 2. The third kappa shape index (κ3) is 2.94. The molecule has 3 heteroatoms. The summed E-state index contributed by atoms with van der Waals surface area (Å²) >= 11 is 0. The summed E-state index contributed by atoms with van der Waals surface area (Å²) in [6.45, 7) is 7.78. The number of rotatable bonds is 1. The van der Waals surface area contributed by atoms with Crippen LogP contribution in [0.2, 0.25) is 0 Å². The van der Waals surface area contributed by atoms with Gasteiger partial charge in [0.05, 0.1) is 17.8 Å². The molecular weight excluding hydrogens is 180 g/mol. The van der Waals surface area contributed by atoms with Crippen molar-refractivity contribution in [3.63, 3.8) is 0 Å². The van der Waals surface area contributed by atoms with Crippen LogP contribution >= 0.6 is 0 Å². The van der Waals surface area contributed by atoms with E-state index in [1.165, 1.54) is 0 Å². The maximum absolute atomic E-state index is 9.78. The van der Waals surface area contributed by atoms with Crippen LogP contribution in [0.4, 0.5) is 0 Å². The predicted molar refractivity (Wildman–Crippen MR) is 57.2 cm³/mol. The van der Waals surface area contributed by atoms with Crippen molar-refractivity contribution in [2.24, 2.45) is 5.92 Å². The maximum Gasteiger partial charge on any atom is 0.0935 e. The number of ether oxygens (including phenoxy) is 1. The molecule has 1 rings (SSSR count). The van der Waals surface area contributed by atoms with E-state index < -0.39 is 11.7 Å². The molecule has 0 aliphatic heterocycles. The molecule has 0 radical (unpaired) electrons. The van der Waals surface area contributed by atoms with Crippen molar-refractivity contribution in [2.45, 2.75) is 58.3 Å². The molecule has 4 atom stereocenters. The Morgan fingerprint density at radius 2 is 1.79 bits per heavy atom. The van der Waals surface area contributed by atoms with Crippen LogP contribution in [0, 0.1) is 5.92 Å². The molecule has 1 unspecified atom stereocenters. The van der Waals surface area contributed by atoms with Gasteiger partial charge in [0.15, 0.2) is 0 Å². The van der Waals surface area contributed by atoms with E-state index in [4.69, 9.17) is 4.74 Å². The van der Waals surface area contributed by atoms with E-state index in [2.05, 4.69) is 0 Å². The standard InChI is InChI=1S/C9H18O3.C2H6/c1-6-4-7(10)5-9(2,12-3)8(6)11;1-2/h6-8,10-11H,4-5H2,1-3H3;1-2H3/t6?,7-,8+,9-;/m1./s1. The number of methoxy groups -OCH3 is 1. The molecule has 0 saturated heterocycles. The van der Waals surface area contributed by atoms with Gasteiger partial charge in [-0.05, 0) is 19.3 Å². The molecule has 3 nitrogen and oxygen atoms in total. The molecule has 1 aliphatic rings. The molecule has 2 N–H and O–H groups in total. The molecular formula is C11H24O3. The van der Waals surface area contributed by atoms with E-state index in [0.29, 0.717) is 12.8 Å². The number of aliphatic hydroxyl groups is 2. The van der Waals surface area contributed by atoms with Gasteiger partial charge in [-0.3, -0.25) is 0 Å². The molecule has 0 bridgehead atoms. The van der Waals surface area contributed by atoms with Crippen molar-refractivity contribution in [3.05, 3.63) is 0 Å². The minimum absolute atomic E-state index is 0.110. The highest BCUT2D eigenvalue weighted by Crippen LogP contribution is 2.34.